The lowest BCUT2D eigenvalue weighted by Crippen LogP contribution is -2.43. The molecule has 1 aliphatic carbocycles. The van der Waals surface area contributed by atoms with Crippen molar-refractivity contribution in [1.82, 2.24) is 9.62 Å². The molecule has 1 amide bonds. The fourth-order valence-electron chi connectivity index (χ4n) is 3.26. The number of hydrogen-bond donors (Lipinski definition) is 2. The van der Waals surface area contributed by atoms with Crippen LogP contribution in [0.15, 0.2) is 23.1 Å². The molecule has 0 spiro atoms. The Labute approximate surface area is 172 Å². The molecule has 1 saturated heterocycles. The zero-order valence-electron chi connectivity index (χ0n) is 16.3. The van der Waals surface area contributed by atoms with Crippen LogP contribution in [0.2, 0.25) is 0 Å². The Kier molecular flexibility index (Phi) is 7.69. The van der Waals surface area contributed by atoms with Crippen molar-refractivity contribution in [3.63, 3.8) is 0 Å². The van der Waals surface area contributed by atoms with E-state index >= 15 is 0 Å². The minimum atomic E-state index is -3.63. The van der Waals surface area contributed by atoms with Gasteiger partial charge in [-0.2, -0.15) is 0 Å². The van der Waals surface area contributed by atoms with E-state index in [0.29, 0.717) is 44.3 Å². The fourth-order valence-corrected chi connectivity index (χ4v) is 4.19. The van der Waals surface area contributed by atoms with E-state index in [9.17, 15) is 13.2 Å². The molecule has 158 valence electrons. The van der Waals surface area contributed by atoms with Gasteiger partial charge in [-0.1, -0.05) is 0 Å². The summed E-state index contributed by atoms with van der Waals surface area (Å²) in [5.74, 6) is 0.133. The van der Waals surface area contributed by atoms with Gasteiger partial charge in [-0.25, -0.2) is 12.7 Å². The van der Waals surface area contributed by atoms with Gasteiger partial charge >= 0.3 is 0 Å². The van der Waals surface area contributed by atoms with Crippen LogP contribution in [0.25, 0.3) is 0 Å². The van der Waals surface area contributed by atoms with E-state index < -0.39 is 10.0 Å². The van der Waals surface area contributed by atoms with Crippen LogP contribution in [0.1, 0.15) is 23.2 Å². The molecule has 0 bridgehead atoms. The molecule has 1 heterocycles. The van der Waals surface area contributed by atoms with E-state index in [1.165, 1.54) is 20.2 Å². The highest BCUT2D eigenvalue weighted by molar-refractivity contribution is 7.89. The van der Waals surface area contributed by atoms with Gasteiger partial charge in [-0.3, -0.25) is 4.79 Å². The summed E-state index contributed by atoms with van der Waals surface area (Å²) in [5.41, 5.74) is 6.90. The molecule has 1 aliphatic heterocycles. The summed E-state index contributed by atoms with van der Waals surface area (Å²) in [7, 11) is -0.684. The third-order valence-electron chi connectivity index (χ3n) is 5.10. The zero-order valence-corrected chi connectivity index (χ0v) is 17.9. The van der Waals surface area contributed by atoms with Crippen LogP contribution in [-0.2, 0) is 14.8 Å². The molecule has 1 saturated carbocycles. The number of sulfonamides is 1. The van der Waals surface area contributed by atoms with Crippen LogP contribution >= 0.6 is 12.4 Å². The Hall–Kier alpha value is -1.39. The molecule has 2 aliphatic rings. The molecular formula is C18H29ClN4O4S. The van der Waals surface area contributed by atoms with Crippen LogP contribution in [0, 0.1) is 5.92 Å². The van der Waals surface area contributed by atoms with Gasteiger partial charge in [-0.05, 0) is 37.0 Å². The summed E-state index contributed by atoms with van der Waals surface area (Å²) in [6, 6.07) is 4.66. The maximum Gasteiger partial charge on any atom is 0.253 e. The summed E-state index contributed by atoms with van der Waals surface area (Å²) in [6.07, 6.45) is 2.13. The highest BCUT2D eigenvalue weighted by atomic mass is 35.5. The first kappa shape index (κ1) is 22.9. The largest absolute Gasteiger partial charge is 0.378 e. The van der Waals surface area contributed by atoms with Gasteiger partial charge in [0.15, 0.2) is 0 Å². The Morgan fingerprint density at radius 1 is 1.32 bits per heavy atom. The monoisotopic (exact) mass is 432 g/mol. The maximum absolute atomic E-state index is 13.0. The minimum absolute atomic E-state index is 0. The molecular weight excluding hydrogens is 404 g/mol. The second kappa shape index (κ2) is 9.41. The first-order valence-corrected chi connectivity index (χ1v) is 10.7. The van der Waals surface area contributed by atoms with Gasteiger partial charge in [0, 0.05) is 45.5 Å². The number of nitrogens with one attached hydrogen (secondary N) is 1. The number of rotatable bonds is 7. The van der Waals surface area contributed by atoms with E-state index in [0.717, 1.165) is 22.8 Å². The average Bonchev–Trinajstić information content (AvgIpc) is 3.51. The Morgan fingerprint density at radius 2 is 1.96 bits per heavy atom. The van der Waals surface area contributed by atoms with Gasteiger partial charge in [0.2, 0.25) is 10.0 Å². The number of nitrogens with two attached hydrogens (primary N) is 1. The molecule has 1 atom stereocenters. The Bertz CT molecular complexity index is 793. The molecule has 10 heteroatoms. The lowest BCUT2D eigenvalue weighted by atomic mass is 10.1. The number of amides is 1. The number of ether oxygens (including phenoxy) is 1. The second-order valence-electron chi connectivity index (χ2n) is 7.22. The second-order valence-corrected chi connectivity index (χ2v) is 9.37. The number of halogens is 1. The van der Waals surface area contributed by atoms with Crippen LogP contribution in [0.3, 0.4) is 0 Å². The van der Waals surface area contributed by atoms with E-state index in [1.54, 1.807) is 12.1 Å². The number of hydrogen-bond acceptors (Lipinski definition) is 6. The van der Waals surface area contributed by atoms with Crippen molar-refractivity contribution >= 4 is 34.0 Å². The van der Waals surface area contributed by atoms with Crippen LogP contribution < -0.4 is 16.0 Å². The van der Waals surface area contributed by atoms with Gasteiger partial charge in [0.1, 0.15) is 0 Å². The smallest absolute Gasteiger partial charge is 0.253 e. The normalized spacial score (nSPS) is 18.5. The molecule has 28 heavy (non-hydrogen) atoms. The van der Waals surface area contributed by atoms with E-state index in [-0.39, 0.29) is 29.3 Å². The number of anilines is 1. The van der Waals surface area contributed by atoms with E-state index in [1.807, 2.05) is 0 Å². The average molecular weight is 433 g/mol. The molecule has 1 unspecified atom stereocenters. The van der Waals surface area contributed by atoms with Gasteiger partial charge in [-0.15, -0.1) is 12.4 Å². The third-order valence-corrected chi connectivity index (χ3v) is 6.92. The molecule has 1 aromatic carbocycles. The molecule has 0 radical (unpaired) electrons. The summed E-state index contributed by atoms with van der Waals surface area (Å²) in [5, 5.41) is 3.00. The van der Waals surface area contributed by atoms with Crippen molar-refractivity contribution in [2.75, 3.05) is 51.8 Å². The highest BCUT2D eigenvalue weighted by Crippen LogP contribution is 2.33. The third kappa shape index (κ3) is 4.96. The molecule has 0 aromatic heterocycles. The number of carbonyl (C=O) groups excluding carboxylic acids is 1. The summed E-state index contributed by atoms with van der Waals surface area (Å²) in [4.78, 5) is 15.2. The lowest BCUT2D eigenvalue weighted by Gasteiger charge is -2.31. The first-order valence-electron chi connectivity index (χ1n) is 9.25. The van der Waals surface area contributed by atoms with Crippen LogP contribution in [-0.4, -0.2) is 71.6 Å². The Morgan fingerprint density at radius 3 is 2.50 bits per heavy atom. The summed E-state index contributed by atoms with van der Waals surface area (Å²) < 4.78 is 31.6. The van der Waals surface area contributed by atoms with Crippen LogP contribution in [0.4, 0.5) is 5.69 Å². The predicted molar refractivity (Wildman–Crippen MR) is 111 cm³/mol. The number of nitrogens with zero attached hydrogens (tertiary/aromatic N) is 2. The van der Waals surface area contributed by atoms with Gasteiger partial charge < -0.3 is 20.7 Å². The van der Waals surface area contributed by atoms with E-state index in [2.05, 4.69) is 10.2 Å². The fraction of sp³-hybridized carbons (Fsp3) is 0.611. The van der Waals surface area contributed by atoms with Gasteiger partial charge in [0.05, 0.1) is 23.7 Å². The number of benzene rings is 1. The quantitative estimate of drug-likeness (QED) is 0.655. The van der Waals surface area contributed by atoms with Crippen molar-refractivity contribution in [3.05, 3.63) is 23.8 Å². The molecule has 1 aromatic rings. The molecule has 3 N–H and O–H groups in total. The lowest BCUT2D eigenvalue weighted by molar-refractivity contribution is 0.0932. The SMILES string of the molecule is CN(C)S(=O)(=O)c1ccc(N2CCOCC2)c(C(=O)NC(CN)C2CC2)c1.Cl. The molecule has 3 rings (SSSR count). The van der Waals surface area contributed by atoms with Crippen molar-refractivity contribution in [2.24, 2.45) is 11.7 Å². The topological polar surface area (TPSA) is 105 Å². The Balaban J connectivity index is 0.00000280. The van der Waals surface area contributed by atoms with E-state index in [4.69, 9.17) is 10.5 Å². The highest BCUT2D eigenvalue weighted by Gasteiger charge is 2.32. The predicted octanol–water partition coefficient (Wildman–Crippen LogP) is 0.662. The van der Waals surface area contributed by atoms with Gasteiger partial charge in [0.25, 0.3) is 5.91 Å². The van der Waals surface area contributed by atoms with Crippen molar-refractivity contribution in [1.29, 1.82) is 0 Å². The van der Waals surface area contributed by atoms with Crippen molar-refractivity contribution in [3.8, 4) is 0 Å². The number of carbonyl (C=O) groups is 1. The van der Waals surface area contributed by atoms with Crippen molar-refractivity contribution < 1.29 is 17.9 Å². The minimum Gasteiger partial charge on any atom is -0.378 e. The zero-order chi connectivity index (χ0) is 19.6. The first-order chi connectivity index (χ1) is 12.8. The maximum atomic E-state index is 13.0. The molecule has 8 nitrogen and oxygen atoms in total. The summed E-state index contributed by atoms with van der Waals surface area (Å²) >= 11 is 0. The molecule has 2 fully saturated rings. The standard InChI is InChI=1S/C18H28N4O4S.ClH/c1-21(2)27(24,25)14-5-6-17(22-7-9-26-10-8-22)15(11-14)18(23)20-16(12-19)13-3-4-13;/h5-6,11,13,16H,3-4,7-10,12,19H2,1-2H3,(H,20,23);1H. The van der Waals surface area contributed by atoms with Crippen LogP contribution in [0.5, 0.6) is 0 Å². The summed E-state index contributed by atoms with van der Waals surface area (Å²) in [6.45, 7) is 2.84. The van der Waals surface area contributed by atoms with Crippen molar-refractivity contribution in [2.45, 2.75) is 23.8 Å². The number of morpholine rings is 1.